The summed E-state index contributed by atoms with van der Waals surface area (Å²) in [7, 11) is 0. The fourth-order valence-electron chi connectivity index (χ4n) is 3.79. The van der Waals surface area contributed by atoms with Gasteiger partial charge in [0.15, 0.2) is 5.76 Å². The molecule has 1 aromatic heterocycles. The number of fused-ring (bicyclic) bond motifs is 1. The van der Waals surface area contributed by atoms with Gasteiger partial charge in [-0.3, -0.25) is 10.2 Å². The number of esters is 1. The van der Waals surface area contributed by atoms with Gasteiger partial charge in [-0.1, -0.05) is 0 Å². The zero-order valence-corrected chi connectivity index (χ0v) is 18.5. The lowest BCUT2D eigenvalue weighted by Gasteiger charge is -2.29. The second-order valence-electron chi connectivity index (χ2n) is 9.03. The standard InChI is InChI=1S/C23H31N3O5/c1-13-17-11-14(21(24)25)5-10-18(17)30-20(13)22(28)26-15-6-8-16(9-7-15)29-12-19(27)31-23(2,3)4/h5,10-11,15-16H,6-9,12H2,1-4H3,(H3,24,25)(H,26,28). The normalized spacial score (nSPS) is 19.2. The Labute approximate surface area is 182 Å². The number of amides is 1. The average Bonchev–Trinajstić information content (AvgIpc) is 3.02. The van der Waals surface area contributed by atoms with Crippen molar-refractivity contribution in [3.8, 4) is 0 Å². The zero-order valence-electron chi connectivity index (χ0n) is 18.5. The first kappa shape index (κ1) is 22.8. The van der Waals surface area contributed by atoms with E-state index in [0.29, 0.717) is 11.1 Å². The molecule has 8 heteroatoms. The highest BCUT2D eigenvalue weighted by molar-refractivity contribution is 6.02. The number of ether oxygens (including phenoxy) is 2. The molecule has 168 valence electrons. The van der Waals surface area contributed by atoms with Crippen molar-refractivity contribution in [2.75, 3.05) is 6.61 Å². The smallest absolute Gasteiger partial charge is 0.332 e. The maximum Gasteiger partial charge on any atom is 0.332 e. The van der Waals surface area contributed by atoms with Crippen LogP contribution in [0, 0.1) is 12.3 Å². The number of rotatable bonds is 6. The van der Waals surface area contributed by atoms with Gasteiger partial charge in [0.25, 0.3) is 5.91 Å². The minimum absolute atomic E-state index is 0.0152. The zero-order chi connectivity index (χ0) is 22.8. The van der Waals surface area contributed by atoms with Gasteiger partial charge in [-0.25, -0.2) is 4.79 Å². The van der Waals surface area contributed by atoms with Gasteiger partial charge in [-0.05, 0) is 71.6 Å². The van der Waals surface area contributed by atoms with Crippen LogP contribution in [0.25, 0.3) is 11.0 Å². The molecule has 0 bridgehead atoms. The molecule has 4 N–H and O–H groups in total. The molecule has 1 heterocycles. The van der Waals surface area contributed by atoms with Gasteiger partial charge >= 0.3 is 5.97 Å². The fourth-order valence-corrected chi connectivity index (χ4v) is 3.79. The lowest BCUT2D eigenvalue weighted by Crippen LogP contribution is -2.39. The van der Waals surface area contributed by atoms with Gasteiger partial charge in [-0.2, -0.15) is 0 Å². The first-order valence-corrected chi connectivity index (χ1v) is 10.6. The van der Waals surface area contributed by atoms with E-state index in [1.54, 1.807) is 18.2 Å². The number of hydrogen-bond acceptors (Lipinski definition) is 6. The van der Waals surface area contributed by atoms with Crippen LogP contribution in [0.4, 0.5) is 0 Å². The monoisotopic (exact) mass is 429 g/mol. The van der Waals surface area contributed by atoms with Gasteiger partial charge in [0.1, 0.15) is 23.6 Å². The molecule has 8 nitrogen and oxygen atoms in total. The summed E-state index contributed by atoms with van der Waals surface area (Å²) in [6.07, 6.45) is 3.03. The molecule has 3 rings (SSSR count). The van der Waals surface area contributed by atoms with Crippen molar-refractivity contribution < 1.29 is 23.5 Å². The molecule has 0 radical (unpaired) electrons. The summed E-state index contributed by atoms with van der Waals surface area (Å²) in [5, 5.41) is 11.4. The van der Waals surface area contributed by atoms with Crippen molar-refractivity contribution in [3.05, 3.63) is 35.1 Å². The van der Waals surface area contributed by atoms with Gasteiger partial charge < -0.3 is 24.9 Å². The van der Waals surface area contributed by atoms with E-state index in [0.717, 1.165) is 36.6 Å². The van der Waals surface area contributed by atoms with Crippen LogP contribution in [0.1, 0.15) is 68.1 Å². The molecular weight excluding hydrogens is 398 g/mol. The first-order valence-electron chi connectivity index (χ1n) is 10.6. The van der Waals surface area contributed by atoms with E-state index in [2.05, 4.69) is 5.32 Å². The van der Waals surface area contributed by atoms with Gasteiger partial charge in [-0.15, -0.1) is 0 Å². The van der Waals surface area contributed by atoms with E-state index in [9.17, 15) is 9.59 Å². The maximum absolute atomic E-state index is 12.8. The number of carbonyl (C=O) groups excluding carboxylic acids is 2. The van der Waals surface area contributed by atoms with Gasteiger partial charge in [0.05, 0.1) is 6.10 Å². The fraction of sp³-hybridized carbons (Fsp3) is 0.522. The quantitative estimate of drug-likeness (QED) is 0.367. The van der Waals surface area contributed by atoms with Crippen LogP contribution in [0.5, 0.6) is 0 Å². The second-order valence-corrected chi connectivity index (χ2v) is 9.03. The highest BCUT2D eigenvalue weighted by Gasteiger charge is 2.26. The topological polar surface area (TPSA) is 128 Å². The Kier molecular flexibility index (Phi) is 6.69. The number of furan rings is 1. The van der Waals surface area contributed by atoms with Crippen LogP contribution < -0.4 is 11.1 Å². The lowest BCUT2D eigenvalue weighted by molar-refractivity contribution is -0.162. The van der Waals surface area contributed by atoms with Crippen LogP contribution in [0.3, 0.4) is 0 Å². The third kappa shape index (κ3) is 5.85. The van der Waals surface area contributed by atoms with Crippen molar-refractivity contribution >= 4 is 28.7 Å². The number of nitrogen functional groups attached to an aromatic ring is 1. The largest absolute Gasteiger partial charge is 0.458 e. The molecule has 0 aliphatic heterocycles. The Morgan fingerprint density at radius 2 is 1.90 bits per heavy atom. The van der Waals surface area contributed by atoms with E-state index in [-0.39, 0.29) is 42.2 Å². The van der Waals surface area contributed by atoms with E-state index < -0.39 is 5.60 Å². The van der Waals surface area contributed by atoms with Crippen LogP contribution in [0.15, 0.2) is 22.6 Å². The van der Waals surface area contributed by atoms with E-state index in [1.807, 2.05) is 27.7 Å². The Morgan fingerprint density at radius 1 is 1.23 bits per heavy atom. The summed E-state index contributed by atoms with van der Waals surface area (Å²) >= 11 is 0. The van der Waals surface area contributed by atoms with Gasteiger partial charge in [0, 0.05) is 22.6 Å². The van der Waals surface area contributed by atoms with Crippen molar-refractivity contribution in [2.24, 2.45) is 5.73 Å². The minimum atomic E-state index is -0.523. The molecule has 0 saturated heterocycles. The lowest BCUT2D eigenvalue weighted by atomic mass is 9.93. The molecule has 0 unspecified atom stereocenters. The number of amidine groups is 1. The third-order valence-electron chi connectivity index (χ3n) is 5.32. The molecule has 1 aromatic carbocycles. The van der Waals surface area contributed by atoms with Crippen LogP contribution >= 0.6 is 0 Å². The second kappa shape index (κ2) is 9.09. The first-order chi connectivity index (χ1) is 14.5. The highest BCUT2D eigenvalue weighted by atomic mass is 16.6. The highest BCUT2D eigenvalue weighted by Crippen LogP contribution is 2.27. The SMILES string of the molecule is Cc1c(C(=O)NC2CCC(OCC(=O)OC(C)(C)C)CC2)oc2ccc(C(=N)N)cc12. The predicted octanol–water partition coefficient (Wildman–Crippen LogP) is 3.42. The van der Waals surface area contributed by atoms with Crippen molar-refractivity contribution in [1.29, 1.82) is 5.41 Å². The van der Waals surface area contributed by atoms with Crippen LogP contribution in [0.2, 0.25) is 0 Å². The summed E-state index contributed by atoms with van der Waals surface area (Å²) in [5.74, 6) is -0.370. The molecule has 31 heavy (non-hydrogen) atoms. The molecule has 1 aliphatic rings. The summed E-state index contributed by atoms with van der Waals surface area (Å²) in [4.78, 5) is 24.6. The molecule has 1 aliphatic carbocycles. The minimum Gasteiger partial charge on any atom is -0.458 e. The summed E-state index contributed by atoms with van der Waals surface area (Å²) in [6.45, 7) is 7.24. The molecule has 1 amide bonds. The van der Waals surface area contributed by atoms with Gasteiger partial charge in [0.2, 0.25) is 0 Å². The van der Waals surface area contributed by atoms with Crippen LogP contribution in [-0.2, 0) is 14.3 Å². The van der Waals surface area contributed by atoms with Crippen molar-refractivity contribution in [2.45, 2.75) is 71.1 Å². The van der Waals surface area contributed by atoms with Crippen LogP contribution in [-0.4, -0.2) is 42.1 Å². The van der Waals surface area contributed by atoms with E-state index in [1.165, 1.54) is 0 Å². The number of nitrogens with one attached hydrogen (secondary N) is 2. The number of benzene rings is 1. The number of hydrogen-bond donors (Lipinski definition) is 3. The molecule has 1 saturated carbocycles. The Morgan fingerprint density at radius 3 is 2.52 bits per heavy atom. The molecule has 1 fully saturated rings. The molecule has 0 spiro atoms. The van der Waals surface area contributed by atoms with E-state index >= 15 is 0 Å². The number of carbonyl (C=O) groups is 2. The molecule has 0 atom stereocenters. The van der Waals surface area contributed by atoms with Crippen molar-refractivity contribution in [3.63, 3.8) is 0 Å². The summed E-state index contributed by atoms with van der Waals surface area (Å²) in [5.41, 5.74) is 6.94. The average molecular weight is 430 g/mol. The van der Waals surface area contributed by atoms with Crippen molar-refractivity contribution in [1.82, 2.24) is 5.32 Å². The Bertz CT molecular complexity index is 981. The Hall–Kier alpha value is -2.87. The maximum atomic E-state index is 12.8. The predicted molar refractivity (Wildman–Crippen MR) is 117 cm³/mol. The summed E-state index contributed by atoms with van der Waals surface area (Å²) in [6, 6.07) is 5.21. The molecular formula is C23H31N3O5. The Balaban J connectivity index is 1.53. The number of nitrogens with two attached hydrogens (primary N) is 1. The third-order valence-corrected chi connectivity index (χ3v) is 5.32. The molecule has 2 aromatic rings. The number of aryl methyl sites for hydroxylation is 1. The van der Waals surface area contributed by atoms with E-state index in [4.69, 9.17) is 25.0 Å². The summed E-state index contributed by atoms with van der Waals surface area (Å²) < 4.78 is 16.7.